The summed E-state index contributed by atoms with van der Waals surface area (Å²) in [6.45, 7) is 0.345. The van der Waals surface area contributed by atoms with E-state index in [1.165, 1.54) is 7.11 Å². The molecule has 3 nitrogen and oxygen atoms in total. The van der Waals surface area contributed by atoms with E-state index in [0.29, 0.717) is 18.9 Å². The Balaban J connectivity index is 2.02. The monoisotopic (exact) mass is 318 g/mol. The fourth-order valence-corrected chi connectivity index (χ4v) is 2.34. The molecule has 0 aromatic heterocycles. The summed E-state index contributed by atoms with van der Waals surface area (Å²) in [5, 5.41) is 0. The minimum absolute atomic E-state index is 0.345. The molecule has 0 aliphatic rings. The van der Waals surface area contributed by atoms with Crippen LogP contribution in [0.15, 0.2) is 54.6 Å². The van der Waals surface area contributed by atoms with Gasteiger partial charge in [-0.15, -0.1) is 11.6 Å². The molecule has 2 rings (SSSR count). The van der Waals surface area contributed by atoms with Gasteiger partial charge in [-0.25, -0.2) is 4.79 Å². The number of ether oxygens (including phenoxy) is 2. The van der Waals surface area contributed by atoms with Gasteiger partial charge in [-0.3, -0.25) is 0 Å². The van der Waals surface area contributed by atoms with Crippen LogP contribution in [-0.2, 0) is 33.2 Å². The first-order chi connectivity index (χ1) is 10.7. The Labute approximate surface area is 135 Å². The number of halogens is 1. The van der Waals surface area contributed by atoms with E-state index >= 15 is 0 Å². The van der Waals surface area contributed by atoms with Gasteiger partial charge in [-0.2, -0.15) is 0 Å². The SMILES string of the molecule is COC(=O)C(Cc1ccccc1)OCc1cccc(CCl)c1. The van der Waals surface area contributed by atoms with E-state index < -0.39 is 6.10 Å². The molecule has 4 heteroatoms. The first-order valence-corrected chi connectivity index (χ1v) is 7.63. The molecule has 0 aliphatic heterocycles. The second-order valence-electron chi connectivity index (χ2n) is 4.97. The number of carbonyl (C=O) groups is 1. The lowest BCUT2D eigenvalue weighted by Gasteiger charge is -2.16. The Morgan fingerprint density at radius 2 is 1.73 bits per heavy atom. The highest BCUT2D eigenvalue weighted by Gasteiger charge is 2.20. The van der Waals surface area contributed by atoms with Crippen molar-refractivity contribution in [3.8, 4) is 0 Å². The highest BCUT2D eigenvalue weighted by atomic mass is 35.5. The number of methoxy groups -OCH3 is 1. The van der Waals surface area contributed by atoms with Crippen molar-refractivity contribution >= 4 is 17.6 Å². The van der Waals surface area contributed by atoms with Crippen molar-refractivity contribution in [2.75, 3.05) is 7.11 Å². The predicted molar refractivity (Wildman–Crippen MR) is 86.7 cm³/mol. The normalized spacial score (nSPS) is 11.9. The van der Waals surface area contributed by atoms with E-state index in [-0.39, 0.29) is 5.97 Å². The summed E-state index contributed by atoms with van der Waals surface area (Å²) in [7, 11) is 1.37. The molecule has 1 unspecified atom stereocenters. The van der Waals surface area contributed by atoms with Gasteiger partial charge in [-0.1, -0.05) is 54.6 Å². The van der Waals surface area contributed by atoms with E-state index in [4.69, 9.17) is 21.1 Å². The molecule has 0 aliphatic carbocycles. The van der Waals surface area contributed by atoms with Crippen LogP contribution in [0.4, 0.5) is 0 Å². The molecule has 0 N–H and O–H groups in total. The van der Waals surface area contributed by atoms with Crippen LogP contribution in [-0.4, -0.2) is 19.2 Å². The van der Waals surface area contributed by atoms with Crippen LogP contribution in [0.25, 0.3) is 0 Å². The summed E-state index contributed by atoms with van der Waals surface area (Å²) in [4.78, 5) is 11.9. The third kappa shape index (κ3) is 4.86. The Morgan fingerprint density at radius 1 is 1.05 bits per heavy atom. The molecule has 0 fully saturated rings. The molecular weight excluding hydrogens is 300 g/mol. The summed E-state index contributed by atoms with van der Waals surface area (Å²) in [6, 6.07) is 17.6. The number of carbonyl (C=O) groups excluding carboxylic acids is 1. The summed E-state index contributed by atoms with van der Waals surface area (Å²) in [5.41, 5.74) is 3.05. The average molecular weight is 319 g/mol. The van der Waals surface area contributed by atoms with Gasteiger partial charge in [0, 0.05) is 12.3 Å². The molecule has 2 aromatic rings. The van der Waals surface area contributed by atoms with E-state index in [1.807, 2.05) is 54.6 Å². The van der Waals surface area contributed by atoms with E-state index in [2.05, 4.69) is 0 Å². The molecule has 22 heavy (non-hydrogen) atoms. The highest BCUT2D eigenvalue weighted by Crippen LogP contribution is 2.13. The van der Waals surface area contributed by atoms with Crippen molar-refractivity contribution in [3.05, 3.63) is 71.3 Å². The van der Waals surface area contributed by atoms with Gasteiger partial charge in [0.15, 0.2) is 6.10 Å². The molecule has 116 valence electrons. The summed E-state index contributed by atoms with van der Waals surface area (Å²) < 4.78 is 10.6. The van der Waals surface area contributed by atoms with Crippen LogP contribution in [0.1, 0.15) is 16.7 Å². The van der Waals surface area contributed by atoms with Gasteiger partial charge in [-0.05, 0) is 16.7 Å². The lowest BCUT2D eigenvalue weighted by atomic mass is 10.1. The number of alkyl halides is 1. The number of rotatable bonds is 7. The number of benzene rings is 2. The lowest BCUT2D eigenvalue weighted by molar-refractivity contribution is -0.154. The third-order valence-electron chi connectivity index (χ3n) is 3.32. The Kier molecular flexibility index (Phi) is 6.44. The predicted octanol–water partition coefficient (Wildman–Crippen LogP) is 3.73. The van der Waals surface area contributed by atoms with E-state index in [1.54, 1.807) is 0 Å². The maximum Gasteiger partial charge on any atom is 0.335 e. The van der Waals surface area contributed by atoms with Crippen LogP contribution >= 0.6 is 11.6 Å². The van der Waals surface area contributed by atoms with Crippen LogP contribution in [0.3, 0.4) is 0 Å². The van der Waals surface area contributed by atoms with Crippen molar-refractivity contribution in [2.24, 2.45) is 0 Å². The number of hydrogen-bond donors (Lipinski definition) is 0. The molecule has 0 bridgehead atoms. The van der Waals surface area contributed by atoms with Crippen molar-refractivity contribution in [1.82, 2.24) is 0 Å². The standard InChI is InChI=1S/C18H19ClO3/c1-21-18(20)17(11-14-6-3-2-4-7-14)22-13-16-9-5-8-15(10-16)12-19/h2-10,17H,11-13H2,1H3. The van der Waals surface area contributed by atoms with Crippen LogP contribution < -0.4 is 0 Å². The van der Waals surface area contributed by atoms with Crippen molar-refractivity contribution in [3.63, 3.8) is 0 Å². The van der Waals surface area contributed by atoms with Crippen LogP contribution in [0.2, 0.25) is 0 Å². The minimum atomic E-state index is -0.618. The maximum absolute atomic E-state index is 11.9. The molecule has 0 spiro atoms. The molecule has 0 saturated heterocycles. The first-order valence-electron chi connectivity index (χ1n) is 7.10. The molecule has 2 aromatic carbocycles. The molecule has 0 saturated carbocycles. The fraction of sp³-hybridized carbons (Fsp3) is 0.278. The Morgan fingerprint density at radius 3 is 2.41 bits per heavy atom. The quantitative estimate of drug-likeness (QED) is 0.576. The lowest BCUT2D eigenvalue weighted by Crippen LogP contribution is -2.28. The van der Waals surface area contributed by atoms with Crippen LogP contribution in [0, 0.1) is 0 Å². The summed E-state index contributed by atoms with van der Waals surface area (Å²) in [5.74, 6) is 0.0931. The van der Waals surface area contributed by atoms with Gasteiger partial charge >= 0.3 is 5.97 Å². The smallest absolute Gasteiger partial charge is 0.335 e. The molecule has 0 heterocycles. The van der Waals surface area contributed by atoms with E-state index in [9.17, 15) is 4.79 Å². The Bertz CT molecular complexity index is 598. The first kappa shape index (κ1) is 16.5. The van der Waals surface area contributed by atoms with Gasteiger partial charge in [0.1, 0.15) is 0 Å². The minimum Gasteiger partial charge on any atom is -0.467 e. The molecular formula is C18H19ClO3. The van der Waals surface area contributed by atoms with Crippen molar-refractivity contribution < 1.29 is 14.3 Å². The molecule has 0 amide bonds. The second kappa shape index (κ2) is 8.57. The summed E-state index contributed by atoms with van der Waals surface area (Å²) in [6.07, 6.45) is -0.130. The number of esters is 1. The second-order valence-corrected chi connectivity index (χ2v) is 5.23. The maximum atomic E-state index is 11.9. The van der Waals surface area contributed by atoms with E-state index in [0.717, 1.165) is 16.7 Å². The zero-order valence-corrected chi connectivity index (χ0v) is 13.3. The summed E-state index contributed by atoms with van der Waals surface area (Å²) >= 11 is 5.83. The van der Waals surface area contributed by atoms with Crippen molar-refractivity contribution in [1.29, 1.82) is 0 Å². The van der Waals surface area contributed by atoms with Gasteiger partial charge in [0.05, 0.1) is 13.7 Å². The van der Waals surface area contributed by atoms with Crippen LogP contribution in [0.5, 0.6) is 0 Å². The Hall–Kier alpha value is -1.84. The molecule has 1 atom stereocenters. The van der Waals surface area contributed by atoms with Gasteiger partial charge in [0.2, 0.25) is 0 Å². The molecule has 0 radical (unpaired) electrons. The zero-order chi connectivity index (χ0) is 15.8. The fourth-order valence-electron chi connectivity index (χ4n) is 2.17. The zero-order valence-electron chi connectivity index (χ0n) is 12.5. The van der Waals surface area contributed by atoms with Crippen molar-refractivity contribution in [2.45, 2.75) is 25.0 Å². The third-order valence-corrected chi connectivity index (χ3v) is 3.63. The topological polar surface area (TPSA) is 35.5 Å². The van der Waals surface area contributed by atoms with Gasteiger partial charge in [0.25, 0.3) is 0 Å². The largest absolute Gasteiger partial charge is 0.467 e. The highest BCUT2D eigenvalue weighted by molar-refractivity contribution is 6.17. The van der Waals surface area contributed by atoms with Gasteiger partial charge < -0.3 is 9.47 Å². The average Bonchev–Trinajstić information content (AvgIpc) is 2.59. The number of hydrogen-bond acceptors (Lipinski definition) is 3.